The van der Waals surface area contributed by atoms with Crippen molar-refractivity contribution in [2.45, 2.75) is 51.6 Å². The maximum atomic E-state index is 13.7. The van der Waals surface area contributed by atoms with Gasteiger partial charge in [-0.15, -0.1) is 0 Å². The van der Waals surface area contributed by atoms with Crippen LogP contribution in [0.5, 0.6) is 0 Å². The van der Waals surface area contributed by atoms with Crippen molar-refractivity contribution in [3.8, 4) is 11.1 Å². The number of benzene rings is 3. The number of hydrogen-bond donors (Lipinski definition) is 1. The zero-order valence-corrected chi connectivity index (χ0v) is 24.5. The highest BCUT2D eigenvalue weighted by Crippen LogP contribution is 2.47. The van der Waals surface area contributed by atoms with Crippen molar-refractivity contribution < 1.29 is 19.1 Å². The topological polar surface area (TPSA) is 80.8 Å². The number of hydrogen-bond acceptors (Lipinski definition) is 6. The van der Waals surface area contributed by atoms with Crippen LogP contribution in [0, 0.1) is 0 Å². The highest BCUT2D eigenvalue weighted by Gasteiger charge is 2.31. The number of nitrogens with one attached hydrogen (secondary N) is 1. The second kappa shape index (κ2) is 11.6. The van der Waals surface area contributed by atoms with Gasteiger partial charge in [0, 0.05) is 53.6 Å². The van der Waals surface area contributed by atoms with Gasteiger partial charge in [0.05, 0.1) is 18.7 Å². The zero-order chi connectivity index (χ0) is 29.3. The average molecular weight is 564 g/mol. The summed E-state index contributed by atoms with van der Waals surface area (Å²) in [6.07, 6.45) is 3.61. The van der Waals surface area contributed by atoms with E-state index in [1.807, 2.05) is 75.4 Å². The fourth-order valence-corrected chi connectivity index (χ4v) is 5.58. The maximum Gasteiger partial charge on any atom is 0.412 e. The number of Topliss-reactive ketones (excluding diaryl/α,β-unsaturated/α-hetero) is 1. The van der Waals surface area contributed by atoms with Gasteiger partial charge >= 0.3 is 6.09 Å². The zero-order valence-electron chi connectivity index (χ0n) is 24.5. The number of rotatable bonds is 7. The monoisotopic (exact) mass is 563 g/mol. The van der Waals surface area contributed by atoms with Crippen LogP contribution in [0.15, 0.2) is 72.9 Å². The van der Waals surface area contributed by atoms with Gasteiger partial charge in [-0.2, -0.15) is 0 Å². The van der Waals surface area contributed by atoms with E-state index in [0.29, 0.717) is 22.7 Å². The molecular formula is C35H37N3O4. The van der Waals surface area contributed by atoms with Crippen molar-refractivity contribution in [1.29, 1.82) is 0 Å². The fourth-order valence-electron chi connectivity index (χ4n) is 5.58. The lowest BCUT2D eigenvalue weighted by Crippen LogP contribution is -2.36. The standard InChI is InChI=1S/C35H37N3O4/c1-35(2,3)42-34(40)37-29-13-11-25(23-7-5-4-6-8-23)19-27(29)21-31(39)28-20-26-12-14-30(38-15-17-41-18-16-38)32(24-9-10-24)33(26)36-22-28/h4-8,11-14,19-20,22,24H,9-10,15-18,21H2,1-3H3,(H,37,40). The number of carbonyl (C=O) groups excluding carboxylic acids is 2. The SMILES string of the molecule is CC(C)(C)OC(=O)Nc1ccc(-c2ccccc2)cc1CC(=O)c1cnc2c(C3CC3)c(N3CCOCC3)ccc2c1. The number of ketones is 1. The van der Waals surface area contributed by atoms with Gasteiger partial charge in [0.2, 0.25) is 0 Å². The molecule has 0 spiro atoms. The summed E-state index contributed by atoms with van der Waals surface area (Å²) in [5.74, 6) is 0.454. The first-order valence-corrected chi connectivity index (χ1v) is 14.7. The minimum Gasteiger partial charge on any atom is -0.444 e. The number of amides is 1. The number of ether oxygens (including phenoxy) is 2. The predicted molar refractivity (Wildman–Crippen MR) is 167 cm³/mol. The third kappa shape index (κ3) is 6.31. The molecule has 4 aromatic rings. The quantitative estimate of drug-likeness (QED) is 0.236. The number of pyridine rings is 1. The van der Waals surface area contributed by atoms with Crippen molar-refractivity contribution in [1.82, 2.24) is 4.98 Å². The Hall–Kier alpha value is -4.23. The average Bonchev–Trinajstić information content (AvgIpc) is 3.82. The van der Waals surface area contributed by atoms with Crippen LogP contribution in [0.4, 0.5) is 16.2 Å². The van der Waals surface area contributed by atoms with E-state index in [4.69, 9.17) is 14.5 Å². The van der Waals surface area contributed by atoms with Crippen molar-refractivity contribution in [3.63, 3.8) is 0 Å². The Morgan fingerprint density at radius 3 is 2.45 bits per heavy atom. The molecule has 7 heteroatoms. The van der Waals surface area contributed by atoms with Crippen LogP contribution < -0.4 is 10.2 Å². The van der Waals surface area contributed by atoms with Gasteiger partial charge in [0.15, 0.2) is 5.78 Å². The summed E-state index contributed by atoms with van der Waals surface area (Å²) in [6.45, 7) is 8.69. The van der Waals surface area contributed by atoms with Crippen LogP contribution in [0.25, 0.3) is 22.0 Å². The Balaban J connectivity index is 1.31. The predicted octanol–water partition coefficient (Wildman–Crippen LogP) is 7.39. The first-order valence-electron chi connectivity index (χ1n) is 14.7. The molecule has 6 rings (SSSR count). The summed E-state index contributed by atoms with van der Waals surface area (Å²) in [5, 5.41) is 3.83. The lowest BCUT2D eigenvalue weighted by molar-refractivity contribution is 0.0635. The van der Waals surface area contributed by atoms with Gasteiger partial charge in [-0.3, -0.25) is 15.1 Å². The van der Waals surface area contributed by atoms with Gasteiger partial charge < -0.3 is 14.4 Å². The number of anilines is 2. The number of morpholine rings is 1. The van der Waals surface area contributed by atoms with Crippen molar-refractivity contribution >= 4 is 34.2 Å². The third-order valence-electron chi connectivity index (χ3n) is 7.73. The second-order valence-electron chi connectivity index (χ2n) is 12.1. The first kappa shape index (κ1) is 27.9. The van der Waals surface area contributed by atoms with Gasteiger partial charge in [0.1, 0.15) is 5.60 Å². The molecule has 2 aliphatic rings. The Morgan fingerprint density at radius 2 is 1.74 bits per heavy atom. The van der Waals surface area contributed by atoms with Crippen molar-refractivity contribution in [3.05, 3.63) is 89.6 Å². The molecular weight excluding hydrogens is 526 g/mol. The molecule has 216 valence electrons. The van der Waals surface area contributed by atoms with Crippen LogP contribution in [-0.4, -0.2) is 48.8 Å². The number of fused-ring (bicyclic) bond motifs is 1. The highest BCUT2D eigenvalue weighted by molar-refractivity contribution is 6.02. The second-order valence-corrected chi connectivity index (χ2v) is 12.1. The van der Waals surface area contributed by atoms with Gasteiger partial charge in [-0.25, -0.2) is 4.79 Å². The van der Waals surface area contributed by atoms with E-state index in [1.54, 1.807) is 6.20 Å². The Kier molecular flexibility index (Phi) is 7.69. The first-order chi connectivity index (χ1) is 20.2. The van der Waals surface area contributed by atoms with E-state index in [-0.39, 0.29) is 12.2 Å². The normalized spacial score (nSPS) is 15.5. The molecule has 1 N–H and O–H groups in total. The molecule has 1 amide bonds. The molecule has 2 fully saturated rings. The minimum absolute atomic E-state index is 0.0629. The van der Waals surface area contributed by atoms with Crippen LogP contribution >= 0.6 is 0 Å². The molecule has 0 radical (unpaired) electrons. The fraction of sp³-hybridized carbons (Fsp3) is 0.343. The lowest BCUT2D eigenvalue weighted by Gasteiger charge is -2.31. The molecule has 0 bridgehead atoms. The molecule has 0 unspecified atom stereocenters. The van der Waals surface area contributed by atoms with E-state index >= 15 is 0 Å². The number of aromatic nitrogens is 1. The molecule has 2 heterocycles. The van der Waals surface area contributed by atoms with Crippen LogP contribution in [-0.2, 0) is 15.9 Å². The van der Waals surface area contributed by atoms with Crippen LogP contribution in [0.2, 0.25) is 0 Å². The van der Waals surface area contributed by atoms with Crippen LogP contribution in [0.1, 0.15) is 61.0 Å². The number of nitrogens with zero attached hydrogens (tertiary/aromatic N) is 2. The highest BCUT2D eigenvalue weighted by atomic mass is 16.6. The molecule has 1 aliphatic carbocycles. The summed E-state index contributed by atoms with van der Waals surface area (Å²) in [6, 6.07) is 22.0. The summed E-state index contributed by atoms with van der Waals surface area (Å²) in [4.78, 5) is 33.6. The van der Waals surface area contributed by atoms with E-state index in [1.165, 1.54) is 24.1 Å². The van der Waals surface area contributed by atoms with Crippen molar-refractivity contribution in [2.75, 3.05) is 36.5 Å². The van der Waals surface area contributed by atoms with Crippen LogP contribution in [0.3, 0.4) is 0 Å². The third-order valence-corrected chi connectivity index (χ3v) is 7.73. The Labute approximate surface area is 246 Å². The molecule has 1 saturated carbocycles. The molecule has 7 nitrogen and oxygen atoms in total. The molecule has 42 heavy (non-hydrogen) atoms. The largest absolute Gasteiger partial charge is 0.444 e. The summed E-state index contributed by atoms with van der Waals surface area (Å²) in [7, 11) is 0. The van der Waals surface area contributed by atoms with Gasteiger partial charge in [-0.05, 0) is 80.5 Å². The molecule has 1 saturated heterocycles. The summed E-state index contributed by atoms with van der Waals surface area (Å²) >= 11 is 0. The van der Waals surface area contributed by atoms with E-state index in [9.17, 15) is 9.59 Å². The van der Waals surface area contributed by atoms with E-state index in [0.717, 1.165) is 48.3 Å². The molecule has 1 aliphatic heterocycles. The summed E-state index contributed by atoms with van der Waals surface area (Å²) in [5.41, 5.74) is 6.71. The molecule has 0 atom stereocenters. The maximum absolute atomic E-state index is 13.7. The minimum atomic E-state index is -0.637. The Bertz CT molecular complexity index is 1620. The van der Waals surface area contributed by atoms with E-state index in [2.05, 4.69) is 22.3 Å². The smallest absolute Gasteiger partial charge is 0.412 e. The molecule has 1 aromatic heterocycles. The van der Waals surface area contributed by atoms with Gasteiger partial charge in [0.25, 0.3) is 0 Å². The van der Waals surface area contributed by atoms with E-state index < -0.39 is 11.7 Å². The summed E-state index contributed by atoms with van der Waals surface area (Å²) < 4.78 is 11.1. The number of carbonyl (C=O) groups is 2. The molecule has 3 aromatic carbocycles. The lowest BCUT2D eigenvalue weighted by atomic mass is 9.96. The van der Waals surface area contributed by atoms with Crippen molar-refractivity contribution in [2.24, 2.45) is 0 Å². The Morgan fingerprint density at radius 1 is 0.976 bits per heavy atom. The van der Waals surface area contributed by atoms with Gasteiger partial charge in [-0.1, -0.05) is 42.5 Å².